The van der Waals surface area contributed by atoms with Crippen LogP contribution < -0.4 is 10.1 Å². The number of nitrogens with zero attached hydrogens (tertiary/aromatic N) is 1. The number of thiophene rings is 1. The van der Waals surface area contributed by atoms with Gasteiger partial charge in [0.1, 0.15) is 5.75 Å². The Hall–Kier alpha value is -1.70. The molecule has 1 amide bonds. The summed E-state index contributed by atoms with van der Waals surface area (Å²) >= 11 is 6.43. The number of nitrogens with one attached hydrogen (secondary N) is 1. The van der Waals surface area contributed by atoms with Crippen molar-refractivity contribution in [1.82, 2.24) is 4.98 Å². The zero-order valence-electron chi connectivity index (χ0n) is 11.3. The number of carbonyl (C=O) groups is 1. The molecule has 4 nitrogen and oxygen atoms in total. The summed E-state index contributed by atoms with van der Waals surface area (Å²) < 4.78 is 6.45. The van der Waals surface area contributed by atoms with E-state index in [1.165, 1.54) is 11.3 Å². The predicted octanol–water partition coefficient (Wildman–Crippen LogP) is 4.65. The lowest BCUT2D eigenvalue weighted by Crippen LogP contribution is -2.19. The lowest BCUT2D eigenvalue weighted by molar-refractivity contribution is -0.118. The van der Waals surface area contributed by atoms with Crippen molar-refractivity contribution in [1.29, 1.82) is 0 Å². The maximum Gasteiger partial charge on any atom is 0.264 e. The van der Waals surface area contributed by atoms with E-state index in [1.807, 2.05) is 47.8 Å². The van der Waals surface area contributed by atoms with Crippen molar-refractivity contribution in [2.75, 3.05) is 11.9 Å². The van der Waals surface area contributed by atoms with Gasteiger partial charge in [-0.15, -0.1) is 22.7 Å². The van der Waals surface area contributed by atoms with E-state index in [-0.39, 0.29) is 12.5 Å². The highest BCUT2D eigenvalue weighted by atomic mass is 79.9. The zero-order chi connectivity index (χ0) is 15.4. The number of halogens is 1. The van der Waals surface area contributed by atoms with Gasteiger partial charge in [-0.3, -0.25) is 10.1 Å². The first-order valence-electron chi connectivity index (χ1n) is 6.39. The third-order valence-corrected chi connectivity index (χ3v) is 5.09. The molecule has 0 aliphatic rings. The average molecular weight is 395 g/mol. The van der Waals surface area contributed by atoms with E-state index >= 15 is 0 Å². The third kappa shape index (κ3) is 3.94. The van der Waals surface area contributed by atoms with Gasteiger partial charge in [0, 0.05) is 5.38 Å². The maximum atomic E-state index is 11.9. The van der Waals surface area contributed by atoms with E-state index in [2.05, 4.69) is 26.2 Å². The van der Waals surface area contributed by atoms with Crippen LogP contribution in [0.3, 0.4) is 0 Å². The number of benzene rings is 1. The summed E-state index contributed by atoms with van der Waals surface area (Å²) in [5.74, 6) is 0.443. The van der Waals surface area contributed by atoms with Crippen LogP contribution in [0.15, 0.2) is 51.6 Å². The lowest BCUT2D eigenvalue weighted by Gasteiger charge is -2.05. The largest absolute Gasteiger partial charge is 0.484 e. The fourth-order valence-corrected chi connectivity index (χ4v) is 3.87. The Morgan fingerprint density at radius 2 is 2.05 bits per heavy atom. The normalized spacial score (nSPS) is 10.4. The van der Waals surface area contributed by atoms with Crippen molar-refractivity contribution in [2.24, 2.45) is 0 Å². The number of amides is 1. The number of hydrogen-bond donors (Lipinski definition) is 1. The fraction of sp³-hybridized carbons (Fsp3) is 0.0667. The molecular weight excluding hydrogens is 384 g/mol. The Balaban J connectivity index is 1.57. The molecule has 0 saturated heterocycles. The Labute approximate surface area is 143 Å². The summed E-state index contributed by atoms with van der Waals surface area (Å²) in [7, 11) is 0. The molecule has 0 radical (unpaired) electrons. The average Bonchev–Trinajstić information content (AvgIpc) is 3.15. The van der Waals surface area contributed by atoms with Crippen LogP contribution in [0.25, 0.3) is 10.6 Å². The molecule has 2 heterocycles. The molecule has 2 aromatic heterocycles. The summed E-state index contributed by atoms with van der Waals surface area (Å²) in [6.07, 6.45) is 0. The zero-order valence-corrected chi connectivity index (χ0v) is 14.5. The van der Waals surface area contributed by atoms with Crippen LogP contribution in [-0.2, 0) is 4.79 Å². The summed E-state index contributed by atoms with van der Waals surface area (Å²) in [6.45, 7) is -0.0382. The van der Waals surface area contributed by atoms with Crippen LogP contribution in [0, 0.1) is 0 Å². The Morgan fingerprint density at radius 3 is 2.77 bits per heavy atom. The quantitative estimate of drug-likeness (QED) is 0.684. The van der Waals surface area contributed by atoms with E-state index in [4.69, 9.17) is 4.74 Å². The minimum atomic E-state index is -0.225. The first-order valence-corrected chi connectivity index (χ1v) is 8.88. The standard InChI is InChI=1S/C15H11BrN2O2S2/c16-13-7-6-12(22-13)11-9-21-15(17-11)18-14(19)8-20-10-4-2-1-3-5-10/h1-7,9H,8H2,(H,17,18,19). The summed E-state index contributed by atoms with van der Waals surface area (Å²) in [5.41, 5.74) is 0.861. The highest BCUT2D eigenvalue weighted by molar-refractivity contribution is 9.11. The second-order valence-corrected chi connectivity index (χ2v) is 7.61. The highest BCUT2D eigenvalue weighted by Crippen LogP contribution is 2.32. The Bertz CT molecular complexity index is 771. The van der Waals surface area contributed by atoms with Crippen LogP contribution in [0.4, 0.5) is 5.13 Å². The third-order valence-electron chi connectivity index (χ3n) is 2.69. The van der Waals surface area contributed by atoms with Crippen molar-refractivity contribution in [3.05, 3.63) is 51.6 Å². The van der Waals surface area contributed by atoms with E-state index in [0.29, 0.717) is 10.9 Å². The second kappa shape index (κ2) is 7.04. The van der Waals surface area contributed by atoms with Crippen molar-refractivity contribution in [3.8, 4) is 16.3 Å². The van der Waals surface area contributed by atoms with Gasteiger partial charge < -0.3 is 4.74 Å². The summed E-state index contributed by atoms with van der Waals surface area (Å²) in [5, 5.41) is 5.24. The Morgan fingerprint density at radius 1 is 1.23 bits per heavy atom. The molecule has 0 bridgehead atoms. The molecule has 22 heavy (non-hydrogen) atoms. The number of hydrogen-bond acceptors (Lipinski definition) is 5. The van der Waals surface area contributed by atoms with Crippen molar-refractivity contribution in [3.63, 3.8) is 0 Å². The van der Waals surface area contributed by atoms with Gasteiger partial charge in [0.2, 0.25) is 0 Å². The molecule has 0 fully saturated rings. The number of aromatic nitrogens is 1. The van der Waals surface area contributed by atoms with Gasteiger partial charge in [-0.2, -0.15) is 0 Å². The smallest absolute Gasteiger partial charge is 0.264 e. The van der Waals surface area contributed by atoms with E-state index in [9.17, 15) is 4.79 Å². The highest BCUT2D eigenvalue weighted by Gasteiger charge is 2.10. The molecule has 0 unspecified atom stereocenters. The summed E-state index contributed by atoms with van der Waals surface area (Å²) in [4.78, 5) is 17.3. The molecule has 0 spiro atoms. The van der Waals surface area contributed by atoms with Crippen LogP contribution in [0.5, 0.6) is 5.75 Å². The van der Waals surface area contributed by atoms with Gasteiger partial charge in [-0.05, 0) is 40.2 Å². The first-order chi connectivity index (χ1) is 10.7. The van der Waals surface area contributed by atoms with E-state index < -0.39 is 0 Å². The number of anilines is 1. The predicted molar refractivity (Wildman–Crippen MR) is 93.7 cm³/mol. The Kier molecular flexibility index (Phi) is 4.87. The summed E-state index contributed by atoms with van der Waals surface area (Å²) in [6, 6.07) is 13.2. The topological polar surface area (TPSA) is 51.2 Å². The van der Waals surface area contributed by atoms with Crippen molar-refractivity contribution < 1.29 is 9.53 Å². The van der Waals surface area contributed by atoms with E-state index in [1.54, 1.807) is 11.3 Å². The van der Waals surface area contributed by atoms with Crippen LogP contribution >= 0.6 is 38.6 Å². The number of carbonyl (C=O) groups excluding carboxylic acids is 1. The van der Waals surface area contributed by atoms with Gasteiger partial charge in [0.15, 0.2) is 11.7 Å². The van der Waals surface area contributed by atoms with Crippen LogP contribution in [-0.4, -0.2) is 17.5 Å². The van der Waals surface area contributed by atoms with Gasteiger partial charge in [-0.25, -0.2) is 4.98 Å². The van der Waals surface area contributed by atoms with Gasteiger partial charge >= 0.3 is 0 Å². The van der Waals surface area contributed by atoms with Crippen LogP contribution in [0.2, 0.25) is 0 Å². The molecule has 0 aliphatic carbocycles. The second-order valence-electron chi connectivity index (χ2n) is 4.29. The number of ether oxygens (including phenoxy) is 1. The SMILES string of the molecule is O=C(COc1ccccc1)Nc1nc(-c2ccc(Br)s2)cs1. The monoisotopic (exact) mass is 394 g/mol. The number of thiazole rings is 1. The van der Waals surface area contributed by atoms with Gasteiger partial charge in [-0.1, -0.05) is 18.2 Å². The van der Waals surface area contributed by atoms with Gasteiger partial charge in [0.05, 0.1) is 14.4 Å². The molecule has 3 aromatic rings. The molecular formula is C15H11BrN2O2S2. The molecule has 1 N–H and O–H groups in total. The molecule has 112 valence electrons. The molecule has 1 aromatic carbocycles. The fourth-order valence-electron chi connectivity index (χ4n) is 1.72. The number of para-hydroxylation sites is 1. The number of rotatable bonds is 5. The molecule has 0 atom stereocenters. The first kappa shape index (κ1) is 15.2. The molecule has 3 rings (SSSR count). The molecule has 7 heteroatoms. The van der Waals surface area contributed by atoms with Gasteiger partial charge in [0.25, 0.3) is 5.91 Å². The van der Waals surface area contributed by atoms with Crippen molar-refractivity contribution >= 4 is 49.6 Å². The van der Waals surface area contributed by atoms with Crippen LogP contribution in [0.1, 0.15) is 0 Å². The lowest BCUT2D eigenvalue weighted by atomic mass is 10.3. The van der Waals surface area contributed by atoms with Crippen molar-refractivity contribution in [2.45, 2.75) is 0 Å². The minimum absolute atomic E-state index is 0.0382. The molecule has 0 aliphatic heterocycles. The minimum Gasteiger partial charge on any atom is -0.484 e. The molecule has 0 saturated carbocycles. The van der Waals surface area contributed by atoms with E-state index in [0.717, 1.165) is 14.4 Å². The maximum absolute atomic E-state index is 11.9.